The molecule has 0 aliphatic heterocycles. The van der Waals surface area contributed by atoms with Gasteiger partial charge in [-0.3, -0.25) is 9.59 Å². The predicted molar refractivity (Wildman–Crippen MR) is 146 cm³/mol. The molecule has 0 radical (unpaired) electrons. The normalized spacial score (nSPS) is 11.6. The number of fused-ring (bicyclic) bond motifs is 3. The number of carbonyl (C=O) groups excluding carboxylic acids is 3. The Labute approximate surface area is 220 Å². The monoisotopic (exact) mass is 514 g/mol. The van der Waals surface area contributed by atoms with Gasteiger partial charge in [0.1, 0.15) is 11.5 Å². The number of benzene rings is 3. The third-order valence-electron chi connectivity index (χ3n) is 6.32. The van der Waals surface area contributed by atoms with Crippen molar-refractivity contribution in [3.8, 4) is 5.75 Å². The van der Waals surface area contributed by atoms with E-state index in [0.717, 1.165) is 21.8 Å². The van der Waals surface area contributed by atoms with E-state index in [1.165, 1.54) is 0 Å². The molecule has 0 spiro atoms. The number of ether oxygens (including phenoxy) is 2. The lowest BCUT2D eigenvalue weighted by atomic mass is 9.99. The number of ketones is 2. The van der Waals surface area contributed by atoms with Gasteiger partial charge in [0, 0.05) is 45.0 Å². The lowest BCUT2D eigenvalue weighted by Crippen LogP contribution is -2.14. The van der Waals surface area contributed by atoms with Crippen molar-refractivity contribution < 1.29 is 29.1 Å². The first-order valence-corrected chi connectivity index (χ1v) is 12.7. The van der Waals surface area contributed by atoms with Gasteiger partial charge in [-0.2, -0.15) is 0 Å². The van der Waals surface area contributed by atoms with Gasteiger partial charge in [-0.25, -0.2) is 4.79 Å². The van der Waals surface area contributed by atoms with Gasteiger partial charge in [0.25, 0.3) is 0 Å². The van der Waals surface area contributed by atoms with Crippen LogP contribution in [-0.4, -0.2) is 39.8 Å². The summed E-state index contributed by atoms with van der Waals surface area (Å²) in [7, 11) is 0. The van der Waals surface area contributed by atoms with Crippen LogP contribution in [0.5, 0.6) is 5.75 Å². The van der Waals surface area contributed by atoms with Gasteiger partial charge in [-0.1, -0.05) is 25.4 Å². The van der Waals surface area contributed by atoms with Crippen LogP contribution >= 0.6 is 0 Å². The highest BCUT2D eigenvalue weighted by atomic mass is 16.7. The van der Waals surface area contributed by atoms with Crippen LogP contribution in [0.2, 0.25) is 0 Å². The Morgan fingerprint density at radius 3 is 2.00 bits per heavy atom. The van der Waals surface area contributed by atoms with Gasteiger partial charge in [0.2, 0.25) is 5.78 Å². The SMILES string of the molecule is CCCOC(=O)Oc1ccc(C(=O)c2ccc3c(c2)c2cc(C(=O)/C(CCC)=N/O)ccc2n3CC)cc1. The number of aryl methyl sites for hydroxylation is 1. The molecule has 38 heavy (non-hydrogen) atoms. The van der Waals surface area contributed by atoms with Crippen molar-refractivity contribution in [2.45, 2.75) is 46.6 Å². The van der Waals surface area contributed by atoms with E-state index in [9.17, 15) is 19.6 Å². The Morgan fingerprint density at radius 1 is 0.816 bits per heavy atom. The summed E-state index contributed by atoms with van der Waals surface area (Å²) in [5, 5.41) is 14.2. The van der Waals surface area contributed by atoms with Crippen LogP contribution in [0.25, 0.3) is 21.8 Å². The number of Topliss-reactive ketones (excluding diaryl/α,β-unsaturated/α-hetero) is 1. The molecule has 1 heterocycles. The van der Waals surface area contributed by atoms with E-state index >= 15 is 0 Å². The maximum atomic E-state index is 13.3. The van der Waals surface area contributed by atoms with Crippen LogP contribution in [0.3, 0.4) is 0 Å². The van der Waals surface area contributed by atoms with Gasteiger partial charge < -0.3 is 19.2 Å². The number of rotatable bonds is 10. The third-order valence-corrected chi connectivity index (χ3v) is 6.32. The van der Waals surface area contributed by atoms with Crippen LogP contribution in [0.15, 0.2) is 65.8 Å². The summed E-state index contributed by atoms with van der Waals surface area (Å²) in [4.78, 5) is 37.9. The zero-order valence-electron chi connectivity index (χ0n) is 21.7. The first-order chi connectivity index (χ1) is 18.4. The molecule has 0 unspecified atom stereocenters. The van der Waals surface area contributed by atoms with Gasteiger partial charge in [-0.05, 0) is 80.4 Å². The molecule has 0 atom stereocenters. The summed E-state index contributed by atoms with van der Waals surface area (Å²) in [5.41, 5.74) is 3.37. The van der Waals surface area contributed by atoms with Gasteiger partial charge in [0.05, 0.1) is 6.61 Å². The number of oxime groups is 1. The largest absolute Gasteiger partial charge is 0.513 e. The average Bonchev–Trinajstić information content (AvgIpc) is 3.26. The zero-order chi connectivity index (χ0) is 27.2. The summed E-state index contributed by atoms with van der Waals surface area (Å²) >= 11 is 0. The average molecular weight is 515 g/mol. The van der Waals surface area contributed by atoms with Gasteiger partial charge in [-0.15, -0.1) is 0 Å². The van der Waals surface area contributed by atoms with Crippen LogP contribution in [0, 0.1) is 0 Å². The van der Waals surface area contributed by atoms with E-state index in [2.05, 4.69) is 9.72 Å². The fraction of sp³-hybridized carbons (Fsp3) is 0.267. The maximum Gasteiger partial charge on any atom is 0.513 e. The Morgan fingerprint density at radius 2 is 1.42 bits per heavy atom. The topological polar surface area (TPSA) is 107 Å². The van der Waals surface area contributed by atoms with Crippen LogP contribution in [-0.2, 0) is 11.3 Å². The van der Waals surface area contributed by atoms with Gasteiger partial charge in [0.15, 0.2) is 5.78 Å². The molecule has 0 fully saturated rings. The first kappa shape index (κ1) is 26.6. The highest BCUT2D eigenvalue weighted by molar-refractivity contribution is 6.46. The molecule has 1 N–H and O–H groups in total. The van der Waals surface area contributed by atoms with Crippen molar-refractivity contribution in [2.24, 2.45) is 5.16 Å². The second-order valence-corrected chi connectivity index (χ2v) is 8.89. The summed E-state index contributed by atoms with van der Waals surface area (Å²) in [6.07, 6.45) is 0.975. The Bertz CT molecular complexity index is 1530. The lowest BCUT2D eigenvalue weighted by Gasteiger charge is -2.07. The fourth-order valence-corrected chi connectivity index (χ4v) is 4.49. The highest BCUT2D eigenvalue weighted by Crippen LogP contribution is 2.32. The van der Waals surface area contributed by atoms with E-state index in [1.807, 2.05) is 39.0 Å². The molecule has 4 aromatic rings. The summed E-state index contributed by atoms with van der Waals surface area (Å²) in [5.74, 6) is -0.216. The van der Waals surface area contributed by atoms with Crippen LogP contribution in [0.4, 0.5) is 4.79 Å². The van der Waals surface area contributed by atoms with Crippen molar-refractivity contribution in [2.75, 3.05) is 6.61 Å². The molecule has 0 bridgehead atoms. The maximum absolute atomic E-state index is 13.3. The number of carbonyl (C=O) groups is 3. The van der Waals surface area contributed by atoms with E-state index in [0.29, 0.717) is 42.5 Å². The second-order valence-electron chi connectivity index (χ2n) is 8.89. The Balaban J connectivity index is 1.69. The molecular weight excluding hydrogens is 484 g/mol. The lowest BCUT2D eigenvalue weighted by molar-refractivity contribution is 0.0990. The smallest absolute Gasteiger partial charge is 0.434 e. The van der Waals surface area contributed by atoms with Crippen molar-refractivity contribution >= 4 is 45.2 Å². The summed E-state index contributed by atoms with van der Waals surface area (Å²) < 4.78 is 12.2. The molecule has 8 heteroatoms. The second kappa shape index (κ2) is 11.7. The molecule has 8 nitrogen and oxygen atoms in total. The van der Waals surface area contributed by atoms with Crippen molar-refractivity contribution in [3.05, 3.63) is 77.4 Å². The molecule has 0 amide bonds. The Hall–Kier alpha value is -4.46. The molecule has 0 saturated heterocycles. The predicted octanol–water partition coefficient (Wildman–Crippen LogP) is 6.78. The minimum Gasteiger partial charge on any atom is -0.434 e. The molecule has 3 aromatic carbocycles. The van der Waals surface area contributed by atoms with Crippen molar-refractivity contribution in [1.29, 1.82) is 0 Å². The highest BCUT2D eigenvalue weighted by Gasteiger charge is 2.19. The number of hydrogen-bond donors (Lipinski definition) is 1. The van der Waals surface area contributed by atoms with E-state index in [1.54, 1.807) is 42.5 Å². The van der Waals surface area contributed by atoms with Gasteiger partial charge >= 0.3 is 6.16 Å². The molecule has 0 aliphatic carbocycles. The summed E-state index contributed by atoms with van der Waals surface area (Å²) in [6, 6.07) is 17.3. The van der Waals surface area contributed by atoms with Crippen LogP contribution in [0.1, 0.15) is 66.3 Å². The fourth-order valence-electron chi connectivity index (χ4n) is 4.49. The molecular formula is C30H30N2O6. The molecule has 0 saturated carbocycles. The quantitative estimate of drug-likeness (QED) is 0.0624. The standard InChI is InChI=1S/C30H30N2O6/c1-4-7-25(31-36)29(34)21-11-15-27-24(18-21)23-17-20(10-14-26(23)32(27)6-3)28(33)19-8-12-22(13-9-19)38-30(35)37-16-5-2/h8-15,17-18,36H,4-7,16H2,1-3H3/b31-25+. The molecule has 196 valence electrons. The molecule has 0 aliphatic rings. The third kappa shape index (κ3) is 5.29. The first-order valence-electron chi connectivity index (χ1n) is 12.7. The van der Waals surface area contributed by atoms with Crippen molar-refractivity contribution in [1.82, 2.24) is 4.57 Å². The Kier molecular flexibility index (Phi) is 8.21. The summed E-state index contributed by atoms with van der Waals surface area (Å²) in [6.45, 7) is 6.82. The molecule has 4 rings (SSSR count). The molecule has 1 aromatic heterocycles. The minimum atomic E-state index is -0.784. The van der Waals surface area contributed by atoms with E-state index in [4.69, 9.17) is 9.47 Å². The van der Waals surface area contributed by atoms with Crippen LogP contribution < -0.4 is 4.74 Å². The van der Waals surface area contributed by atoms with E-state index < -0.39 is 6.16 Å². The number of nitrogens with zero attached hydrogens (tertiary/aromatic N) is 2. The number of aromatic nitrogens is 1. The van der Waals surface area contributed by atoms with E-state index in [-0.39, 0.29) is 29.6 Å². The zero-order valence-corrected chi connectivity index (χ0v) is 21.7. The number of hydrogen-bond acceptors (Lipinski definition) is 7. The minimum absolute atomic E-state index is 0.119. The van der Waals surface area contributed by atoms with Crippen molar-refractivity contribution in [3.63, 3.8) is 0 Å².